The van der Waals surface area contributed by atoms with E-state index in [0.29, 0.717) is 11.3 Å². The van der Waals surface area contributed by atoms with Crippen molar-refractivity contribution in [2.45, 2.75) is 25.9 Å². The normalized spacial score (nSPS) is 12.7. The van der Waals surface area contributed by atoms with Gasteiger partial charge in [-0.2, -0.15) is 5.26 Å². The maximum absolute atomic E-state index is 12.5. The van der Waals surface area contributed by atoms with Gasteiger partial charge in [0.25, 0.3) is 11.8 Å². The quantitative estimate of drug-likeness (QED) is 0.362. The van der Waals surface area contributed by atoms with Crippen LogP contribution in [0.1, 0.15) is 42.6 Å². The molecule has 0 fully saturated rings. The highest BCUT2D eigenvalue weighted by molar-refractivity contribution is 6.01. The van der Waals surface area contributed by atoms with Gasteiger partial charge in [0, 0.05) is 0 Å². The third kappa shape index (κ3) is 7.07. The Hall–Kier alpha value is -4.37. The lowest BCUT2D eigenvalue weighted by Crippen LogP contribution is -2.31. The Labute approximate surface area is 199 Å². The van der Waals surface area contributed by atoms with Gasteiger partial charge in [-0.25, -0.2) is 0 Å². The highest BCUT2D eigenvalue weighted by atomic mass is 16.5. The van der Waals surface area contributed by atoms with E-state index in [0.717, 1.165) is 11.1 Å². The van der Waals surface area contributed by atoms with Crippen molar-refractivity contribution in [3.05, 3.63) is 107 Å². The van der Waals surface area contributed by atoms with Gasteiger partial charge in [-0.05, 0) is 48.7 Å². The van der Waals surface area contributed by atoms with E-state index in [1.54, 1.807) is 24.3 Å². The predicted octanol–water partition coefficient (Wildman–Crippen LogP) is 4.73. The first-order chi connectivity index (χ1) is 16.5. The summed E-state index contributed by atoms with van der Waals surface area (Å²) in [5, 5.41) is 15.2. The average molecular weight is 454 g/mol. The van der Waals surface area contributed by atoms with Crippen LogP contribution >= 0.6 is 0 Å². The molecule has 0 aliphatic heterocycles. The standard InChI is InChI=1S/C28H27N3O3/c1-20(23-9-5-3-6-10-23)30-27(32)19-34-26-15-13-22(14-16-26)17-25(18-29)28(33)31-21(2)24-11-7-4-8-12-24/h3-17,20-21H,19H2,1-2H3,(H,30,32)(H,31,33)/b25-17+/t20-,21+/m0/s1. The SMILES string of the molecule is C[C@H](NC(=O)COc1ccc(/C=C(\C#N)C(=O)N[C@H](C)c2ccccc2)cc1)c1ccccc1. The minimum atomic E-state index is -0.441. The number of amides is 2. The fourth-order valence-electron chi connectivity index (χ4n) is 3.33. The first kappa shape index (κ1) is 24.3. The minimum Gasteiger partial charge on any atom is -0.484 e. The fraction of sp³-hybridized carbons (Fsp3) is 0.179. The van der Waals surface area contributed by atoms with Crippen LogP contribution in [0.2, 0.25) is 0 Å². The van der Waals surface area contributed by atoms with Crippen molar-refractivity contribution >= 4 is 17.9 Å². The fourth-order valence-corrected chi connectivity index (χ4v) is 3.33. The molecule has 0 bridgehead atoms. The van der Waals surface area contributed by atoms with Crippen molar-refractivity contribution < 1.29 is 14.3 Å². The van der Waals surface area contributed by atoms with Crippen LogP contribution < -0.4 is 15.4 Å². The van der Waals surface area contributed by atoms with Gasteiger partial charge in [-0.15, -0.1) is 0 Å². The molecule has 0 unspecified atom stereocenters. The van der Waals surface area contributed by atoms with Gasteiger partial charge >= 0.3 is 0 Å². The van der Waals surface area contributed by atoms with Crippen LogP contribution in [0.25, 0.3) is 6.08 Å². The van der Waals surface area contributed by atoms with E-state index in [1.165, 1.54) is 6.08 Å². The summed E-state index contributed by atoms with van der Waals surface area (Å²) in [6, 6.07) is 27.7. The molecule has 0 spiro atoms. The molecule has 0 aliphatic rings. The first-order valence-corrected chi connectivity index (χ1v) is 11.0. The van der Waals surface area contributed by atoms with Crippen LogP contribution in [0.5, 0.6) is 5.75 Å². The molecule has 0 radical (unpaired) electrons. The van der Waals surface area contributed by atoms with E-state index >= 15 is 0 Å². The summed E-state index contributed by atoms with van der Waals surface area (Å²) >= 11 is 0. The van der Waals surface area contributed by atoms with E-state index < -0.39 is 5.91 Å². The Morgan fingerprint density at radius 1 is 0.853 bits per heavy atom. The zero-order valence-corrected chi connectivity index (χ0v) is 19.2. The Balaban J connectivity index is 1.53. The van der Waals surface area contributed by atoms with Crippen LogP contribution in [0, 0.1) is 11.3 Å². The lowest BCUT2D eigenvalue weighted by molar-refractivity contribution is -0.123. The summed E-state index contributed by atoms with van der Waals surface area (Å²) in [6.45, 7) is 3.67. The second-order valence-corrected chi connectivity index (χ2v) is 7.83. The zero-order valence-electron chi connectivity index (χ0n) is 19.2. The van der Waals surface area contributed by atoms with E-state index in [-0.39, 0.29) is 30.2 Å². The molecule has 2 atom stereocenters. The van der Waals surface area contributed by atoms with Gasteiger partial charge in [-0.3, -0.25) is 9.59 Å². The van der Waals surface area contributed by atoms with E-state index in [1.807, 2.05) is 80.6 Å². The van der Waals surface area contributed by atoms with Gasteiger partial charge in [0.15, 0.2) is 6.61 Å². The Bertz CT molecular complexity index is 1170. The molecule has 3 aromatic rings. The minimum absolute atomic E-state index is 0.00530. The summed E-state index contributed by atoms with van der Waals surface area (Å²) < 4.78 is 5.56. The van der Waals surface area contributed by atoms with Crippen LogP contribution in [0.3, 0.4) is 0 Å². The number of nitriles is 1. The molecule has 2 amide bonds. The van der Waals surface area contributed by atoms with Gasteiger partial charge < -0.3 is 15.4 Å². The molecule has 0 saturated heterocycles. The molecular weight excluding hydrogens is 426 g/mol. The second kappa shape index (κ2) is 12.0. The first-order valence-electron chi connectivity index (χ1n) is 11.0. The number of rotatable bonds is 9. The monoisotopic (exact) mass is 453 g/mol. The number of hydrogen-bond acceptors (Lipinski definition) is 4. The van der Waals surface area contributed by atoms with Crippen LogP contribution in [-0.2, 0) is 9.59 Å². The Kier molecular flexibility index (Phi) is 8.59. The molecule has 0 aliphatic carbocycles. The van der Waals surface area contributed by atoms with Crippen molar-refractivity contribution in [2.24, 2.45) is 0 Å². The van der Waals surface area contributed by atoms with E-state index in [4.69, 9.17) is 4.74 Å². The van der Waals surface area contributed by atoms with Gasteiger partial charge in [0.1, 0.15) is 17.4 Å². The summed E-state index contributed by atoms with van der Waals surface area (Å²) in [6.07, 6.45) is 1.52. The van der Waals surface area contributed by atoms with Gasteiger partial charge in [0.2, 0.25) is 0 Å². The molecule has 0 saturated carbocycles. The van der Waals surface area contributed by atoms with Crippen molar-refractivity contribution in [3.63, 3.8) is 0 Å². The lowest BCUT2D eigenvalue weighted by Gasteiger charge is -2.14. The van der Waals surface area contributed by atoms with Crippen molar-refractivity contribution in [2.75, 3.05) is 6.61 Å². The van der Waals surface area contributed by atoms with E-state index in [2.05, 4.69) is 10.6 Å². The summed E-state index contributed by atoms with van der Waals surface area (Å²) in [5.41, 5.74) is 2.65. The number of benzene rings is 3. The van der Waals surface area contributed by atoms with Crippen LogP contribution in [-0.4, -0.2) is 18.4 Å². The number of nitrogens with zero attached hydrogens (tertiary/aromatic N) is 1. The topological polar surface area (TPSA) is 91.2 Å². The molecule has 6 heteroatoms. The largest absolute Gasteiger partial charge is 0.484 e. The van der Waals surface area contributed by atoms with E-state index in [9.17, 15) is 14.9 Å². The third-order valence-corrected chi connectivity index (χ3v) is 5.25. The highest BCUT2D eigenvalue weighted by Crippen LogP contribution is 2.17. The molecule has 6 nitrogen and oxygen atoms in total. The van der Waals surface area contributed by atoms with Crippen molar-refractivity contribution in [3.8, 4) is 11.8 Å². The Morgan fingerprint density at radius 2 is 1.38 bits per heavy atom. The maximum Gasteiger partial charge on any atom is 0.262 e. The molecule has 172 valence electrons. The molecule has 0 heterocycles. The molecule has 0 aromatic heterocycles. The Morgan fingerprint density at radius 3 is 1.91 bits per heavy atom. The van der Waals surface area contributed by atoms with Crippen molar-refractivity contribution in [1.82, 2.24) is 10.6 Å². The lowest BCUT2D eigenvalue weighted by atomic mass is 10.1. The predicted molar refractivity (Wildman–Crippen MR) is 132 cm³/mol. The summed E-state index contributed by atoms with van der Waals surface area (Å²) in [4.78, 5) is 24.7. The van der Waals surface area contributed by atoms with Crippen molar-refractivity contribution in [1.29, 1.82) is 5.26 Å². The maximum atomic E-state index is 12.5. The van der Waals surface area contributed by atoms with Gasteiger partial charge in [0.05, 0.1) is 12.1 Å². The van der Waals surface area contributed by atoms with Crippen LogP contribution in [0.4, 0.5) is 0 Å². The number of nitrogens with one attached hydrogen (secondary N) is 2. The number of carbonyl (C=O) groups is 2. The molecule has 2 N–H and O–H groups in total. The van der Waals surface area contributed by atoms with Crippen LogP contribution in [0.15, 0.2) is 90.5 Å². The average Bonchev–Trinajstić information content (AvgIpc) is 2.87. The smallest absolute Gasteiger partial charge is 0.262 e. The summed E-state index contributed by atoms with van der Waals surface area (Å²) in [5.74, 6) is -0.153. The van der Waals surface area contributed by atoms with Gasteiger partial charge in [-0.1, -0.05) is 72.8 Å². The number of carbonyl (C=O) groups excluding carboxylic acids is 2. The number of ether oxygens (including phenoxy) is 1. The molecular formula is C28H27N3O3. The number of hydrogen-bond donors (Lipinski definition) is 2. The summed E-state index contributed by atoms with van der Waals surface area (Å²) in [7, 11) is 0. The molecule has 34 heavy (non-hydrogen) atoms. The highest BCUT2D eigenvalue weighted by Gasteiger charge is 2.14. The third-order valence-electron chi connectivity index (χ3n) is 5.25. The molecule has 3 aromatic carbocycles. The zero-order chi connectivity index (χ0) is 24.3. The second-order valence-electron chi connectivity index (χ2n) is 7.83. The molecule has 3 rings (SSSR count).